The number of rotatable bonds is 6. The van der Waals surface area contributed by atoms with Crippen molar-refractivity contribution in [2.75, 3.05) is 60.9 Å². The molecule has 2 aliphatic heterocycles. The van der Waals surface area contributed by atoms with Gasteiger partial charge < -0.3 is 20.0 Å². The highest BCUT2D eigenvalue weighted by molar-refractivity contribution is 6.38. The summed E-state index contributed by atoms with van der Waals surface area (Å²) in [6, 6.07) is 5.82. The van der Waals surface area contributed by atoms with Gasteiger partial charge in [0.05, 0.1) is 22.3 Å². The molecule has 0 radical (unpaired) electrons. The molecule has 202 valence electrons. The van der Waals surface area contributed by atoms with Crippen LogP contribution in [0, 0.1) is 0 Å². The minimum Gasteiger partial charge on any atom is -0.365 e. The number of halogens is 2. The Labute approximate surface area is 236 Å². The SMILES string of the molecule is O=C(CNc1c(-c2cnc(N3CCCCC3)nc2)nc2ccccn12)N1CCN(c2c(Cl)cncc2Cl)CC1. The molecule has 2 saturated heterocycles. The van der Waals surface area contributed by atoms with Crippen molar-refractivity contribution in [3.8, 4) is 11.3 Å². The molecule has 1 amide bonds. The number of anilines is 3. The number of carbonyl (C=O) groups is 1. The minimum atomic E-state index is 0.00935. The first-order chi connectivity index (χ1) is 19.1. The quantitative estimate of drug-likeness (QED) is 0.371. The predicted molar refractivity (Wildman–Crippen MR) is 154 cm³/mol. The fourth-order valence-electron chi connectivity index (χ4n) is 5.22. The number of hydrogen-bond acceptors (Lipinski definition) is 8. The van der Waals surface area contributed by atoms with E-state index in [1.165, 1.54) is 19.3 Å². The van der Waals surface area contributed by atoms with Crippen LogP contribution in [0.1, 0.15) is 19.3 Å². The number of pyridine rings is 2. The van der Waals surface area contributed by atoms with Crippen LogP contribution in [-0.2, 0) is 4.79 Å². The summed E-state index contributed by atoms with van der Waals surface area (Å²) in [5, 5.41) is 4.37. The Kier molecular flexibility index (Phi) is 7.38. The van der Waals surface area contributed by atoms with Crippen molar-refractivity contribution in [1.82, 2.24) is 29.2 Å². The highest BCUT2D eigenvalue weighted by Gasteiger charge is 2.25. The molecule has 0 atom stereocenters. The van der Waals surface area contributed by atoms with Crippen LogP contribution < -0.4 is 15.1 Å². The Morgan fingerprint density at radius 2 is 1.59 bits per heavy atom. The van der Waals surface area contributed by atoms with Crippen molar-refractivity contribution in [1.29, 1.82) is 0 Å². The van der Waals surface area contributed by atoms with Gasteiger partial charge in [-0.1, -0.05) is 29.3 Å². The van der Waals surface area contributed by atoms with E-state index in [4.69, 9.17) is 28.2 Å². The van der Waals surface area contributed by atoms with E-state index in [2.05, 4.69) is 30.1 Å². The zero-order valence-electron chi connectivity index (χ0n) is 21.4. The topological polar surface area (TPSA) is 94.8 Å². The largest absolute Gasteiger partial charge is 0.365 e. The van der Waals surface area contributed by atoms with Crippen molar-refractivity contribution in [3.63, 3.8) is 0 Å². The molecule has 4 aromatic rings. The van der Waals surface area contributed by atoms with E-state index in [0.717, 1.165) is 41.8 Å². The molecule has 6 rings (SSSR count). The molecule has 2 aliphatic rings. The fourth-order valence-corrected chi connectivity index (χ4v) is 5.83. The number of imidazole rings is 1. The monoisotopic (exact) mass is 565 g/mol. The predicted octanol–water partition coefficient (Wildman–Crippen LogP) is 4.24. The van der Waals surface area contributed by atoms with E-state index < -0.39 is 0 Å². The van der Waals surface area contributed by atoms with Crippen LogP contribution in [0.2, 0.25) is 10.0 Å². The molecule has 10 nitrogen and oxygen atoms in total. The van der Waals surface area contributed by atoms with Crippen LogP contribution in [0.5, 0.6) is 0 Å². The summed E-state index contributed by atoms with van der Waals surface area (Å²) >= 11 is 12.7. The smallest absolute Gasteiger partial charge is 0.242 e. The molecule has 39 heavy (non-hydrogen) atoms. The Morgan fingerprint density at radius 1 is 0.872 bits per heavy atom. The van der Waals surface area contributed by atoms with Crippen molar-refractivity contribution in [2.24, 2.45) is 0 Å². The number of fused-ring (bicyclic) bond motifs is 1. The molecule has 0 aliphatic carbocycles. The van der Waals surface area contributed by atoms with Crippen LogP contribution in [0.4, 0.5) is 17.5 Å². The fraction of sp³-hybridized carbons (Fsp3) is 0.370. The summed E-state index contributed by atoms with van der Waals surface area (Å²) in [5.74, 6) is 1.50. The first-order valence-corrected chi connectivity index (χ1v) is 13.9. The van der Waals surface area contributed by atoms with Gasteiger partial charge in [-0.2, -0.15) is 0 Å². The Morgan fingerprint density at radius 3 is 2.31 bits per heavy atom. The van der Waals surface area contributed by atoms with E-state index in [9.17, 15) is 4.79 Å². The van der Waals surface area contributed by atoms with Crippen LogP contribution in [-0.4, -0.2) is 81.0 Å². The van der Waals surface area contributed by atoms with E-state index in [1.807, 2.05) is 46.1 Å². The van der Waals surface area contributed by atoms with E-state index in [1.54, 1.807) is 12.4 Å². The van der Waals surface area contributed by atoms with Crippen LogP contribution >= 0.6 is 23.2 Å². The third kappa shape index (κ3) is 5.31. The van der Waals surface area contributed by atoms with Gasteiger partial charge in [0, 0.05) is 75.8 Å². The minimum absolute atomic E-state index is 0.00935. The summed E-state index contributed by atoms with van der Waals surface area (Å²) in [6.45, 7) is 4.52. The Bertz CT molecular complexity index is 1440. The zero-order valence-corrected chi connectivity index (χ0v) is 22.9. The first-order valence-electron chi connectivity index (χ1n) is 13.2. The van der Waals surface area contributed by atoms with Gasteiger partial charge in [-0.3, -0.25) is 14.2 Å². The molecule has 0 aromatic carbocycles. The summed E-state index contributed by atoms with van der Waals surface area (Å²) in [4.78, 5) is 37.5. The van der Waals surface area contributed by atoms with Gasteiger partial charge in [-0.05, 0) is 31.4 Å². The number of aromatic nitrogens is 5. The number of piperazine rings is 1. The normalized spacial score (nSPS) is 16.1. The molecule has 4 aromatic heterocycles. The van der Waals surface area contributed by atoms with Gasteiger partial charge in [0.15, 0.2) is 0 Å². The van der Waals surface area contributed by atoms with E-state index in [-0.39, 0.29) is 12.5 Å². The Balaban J connectivity index is 1.15. The maximum atomic E-state index is 13.2. The van der Waals surface area contributed by atoms with Crippen molar-refractivity contribution < 1.29 is 4.79 Å². The second-order valence-corrected chi connectivity index (χ2v) is 10.5. The van der Waals surface area contributed by atoms with E-state index >= 15 is 0 Å². The lowest BCUT2D eigenvalue weighted by atomic mass is 10.1. The lowest BCUT2D eigenvalue weighted by molar-refractivity contribution is -0.129. The molecular formula is C27H29Cl2N9O. The van der Waals surface area contributed by atoms with Crippen molar-refractivity contribution in [2.45, 2.75) is 19.3 Å². The number of carbonyl (C=O) groups excluding carboxylic acids is 1. The maximum Gasteiger partial charge on any atom is 0.242 e. The molecule has 1 N–H and O–H groups in total. The van der Waals surface area contributed by atoms with Crippen LogP contribution in [0.25, 0.3) is 16.9 Å². The molecular weight excluding hydrogens is 537 g/mol. The van der Waals surface area contributed by atoms with Gasteiger partial charge in [-0.25, -0.2) is 15.0 Å². The van der Waals surface area contributed by atoms with Gasteiger partial charge in [0.1, 0.15) is 17.2 Å². The highest BCUT2D eigenvalue weighted by Crippen LogP contribution is 2.33. The average Bonchev–Trinajstić information content (AvgIpc) is 3.35. The third-order valence-electron chi connectivity index (χ3n) is 7.26. The number of nitrogens with zero attached hydrogens (tertiary/aromatic N) is 8. The summed E-state index contributed by atoms with van der Waals surface area (Å²) < 4.78 is 1.95. The second-order valence-electron chi connectivity index (χ2n) is 9.73. The lowest BCUT2D eigenvalue weighted by Gasteiger charge is -2.36. The summed E-state index contributed by atoms with van der Waals surface area (Å²) in [5.41, 5.74) is 3.06. The number of hydrogen-bond donors (Lipinski definition) is 1. The molecule has 6 heterocycles. The van der Waals surface area contributed by atoms with Crippen molar-refractivity contribution in [3.05, 3.63) is 59.2 Å². The van der Waals surface area contributed by atoms with E-state index in [0.29, 0.717) is 41.9 Å². The standard InChI is InChI=1S/C27H29Cl2N9O/c28-20-16-30-17-21(29)25(20)36-12-10-35(11-13-36)23(39)18-31-26-24(34-22-6-2-5-9-38(22)26)19-14-32-27(33-15-19)37-7-3-1-4-8-37/h2,5-6,9,14-17,31H,1,3-4,7-8,10-13,18H2. The van der Waals surface area contributed by atoms with Gasteiger partial charge in [0.2, 0.25) is 11.9 Å². The Hall–Kier alpha value is -3.63. The molecule has 0 spiro atoms. The van der Waals surface area contributed by atoms with Gasteiger partial charge >= 0.3 is 0 Å². The van der Waals surface area contributed by atoms with Crippen LogP contribution in [0.15, 0.2) is 49.2 Å². The maximum absolute atomic E-state index is 13.2. The molecule has 12 heteroatoms. The average molecular weight is 566 g/mol. The number of piperidine rings is 1. The highest BCUT2D eigenvalue weighted by atomic mass is 35.5. The molecule has 0 bridgehead atoms. The number of amides is 1. The molecule has 0 unspecified atom stereocenters. The summed E-state index contributed by atoms with van der Waals surface area (Å²) in [7, 11) is 0. The van der Waals surface area contributed by atoms with Crippen molar-refractivity contribution >= 4 is 52.2 Å². The number of nitrogens with one attached hydrogen (secondary N) is 1. The first kappa shape index (κ1) is 25.6. The van der Waals surface area contributed by atoms with Crippen LogP contribution in [0.3, 0.4) is 0 Å². The van der Waals surface area contributed by atoms with Gasteiger partial charge in [-0.15, -0.1) is 0 Å². The second kappa shape index (κ2) is 11.2. The van der Waals surface area contributed by atoms with Gasteiger partial charge in [0.25, 0.3) is 0 Å². The third-order valence-corrected chi connectivity index (χ3v) is 7.82. The molecule has 0 saturated carbocycles. The lowest BCUT2D eigenvalue weighted by Crippen LogP contribution is -2.50. The summed E-state index contributed by atoms with van der Waals surface area (Å²) in [6.07, 6.45) is 12.3. The zero-order chi connectivity index (χ0) is 26.8. The molecule has 2 fully saturated rings.